The molecule has 0 saturated carbocycles. The van der Waals surface area contributed by atoms with E-state index in [1.165, 1.54) is 5.56 Å². The Morgan fingerprint density at radius 3 is 2.71 bits per heavy atom. The molecule has 1 amide bonds. The number of nitrogens with zero attached hydrogens (tertiary/aromatic N) is 2. The average Bonchev–Trinajstić information content (AvgIpc) is 2.89. The standard InChI is InChI=1S/C16H22N2O3/c1-3-12(2)17(11-16(20)21)10-15(19)18-9-8-13-6-4-5-7-14(13)18/h4-7,12H,3,8-11H2,1-2H3,(H,20,21). The third-order valence-electron chi connectivity index (χ3n) is 4.08. The van der Waals surface area contributed by atoms with Crippen LogP contribution in [0.25, 0.3) is 0 Å². The molecule has 5 heteroatoms. The van der Waals surface area contributed by atoms with Gasteiger partial charge in [-0.1, -0.05) is 25.1 Å². The summed E-state index contributed by atoms with van der Waals surface area (Å²) in [5.74, 6) is -0.925. The van der Waals surface area contributed by atoms with Gasteiger partial charge < -0.3 is 10.0 Å². The van der Waals surface area contributed by atoms with E-state index in [1.54, 1.807) is 9.80 Å². The average molecular weight is 290 g/mol. The molecule has 1 aromatic rings. The Morgan fingerprint density at radius 2 is 2.05 bits per heavy atom. The Labute approximate surface area is 125 Å². The van der Waals surface area contributed by atoms with Crippen molar-refractivity contribution in [3.63, 3.8) is 0 Å². The molecule has 2 rings (SSSR count). The van der Waals surface area contributed by atoms with Gasteiger partial charge >= 0.3 is 5.97 Å². The molecule has 1 unspecified atom stereocenters. The van der Waals surface area contributed by atoms with E-state index in [0.29, 0.717) is 6.54 Å². The van der Waals surface area contributed by atoms with E-state index in [1.807, 2.05) is 38.1 Å². The fraction of sp³-hybridized carbons (Fsp3) is 0.500. The molecule has 5 nitrogen and oxygen atoms in total. The van der Waals surface area contributed by atoms with Crippen molar-refractivity contribution < 1.29 is 14.7 Å². The molecule has 0 saturated heterocycles. The third kappa shape index (κ3) is 3.61. The van der Waals surface area contributed by atoms with Crippen LogP contribution in [0.5, 0.6) is 0 Å². The van der Waals surface area contributed by atoms with Crippen LogP contribution in [0.15, 0.2) is 24.3 Å². The highest BCUT2D eigenvalue weighted by molar-refractivity contribution is 5.97. The van der Waals surface area contributed by atoms with Crippen LogP contribution in [-0.2, 0) is 16.0 Å². The molecule has 114 valence electrons. The minimum atomic E-state index is -0.898. The largest absolute Gasteiger partial charge is 0.480 e. The van der Waals surface area contributed by atoms with Crippen LogP contribution in [0.3, 0.4) is 0 Å². The number of carboxylic acids is 1. The molecule has 0 fully saturated rings. The second-order valence-corrected chi connectivity index (χ2v) is 5.48. The number of anilines is 1. The Kier molecular flexibility index (Phi) is 4.96. The summed E-state index contributed by atoms with van der Waals surface area (Å²) >= 11 is 0. The minimum absolute atomic E-state index is 0.0264. The van der Waals surface area contributed by atoms with Gasteiger partial charge in [-0.2, -0.15) is 0 Å². The molecular formula is C16H22N2O3. The molecule has 0 aliphatic carbocycles. The topological polar surface area (TPSA) is 60.9 Å². The fourth-order valence-corrected chi connectivity index (χ4v) is 2.66. The number of para-hydroxylation sites is 1. The zero-order chi connectivity index (χ0) is 15.4. The van der Waals surface area contributed by atoms with Crippen molar-refractivity contribution in [3.05, 3.63) is 29.8 Å². The SMILES string of the molecule is CCC(C)N(CC(=O)O)CC(=O)N1CCc2ccccc21. The van der Waals surface area contributed by atoms with Crippen molar-refractivity contribution >= 4 is 17.6 Å². The molecule has 21 heavy (non-hydrogen) atoms. The Bertz CT molecular complexity index is 530. The van der Waals surface area contributed by atoms with Gasteiger partial charge in [-0.05, 0) is 31.4 Å². The normalized spacial score (nSPS) is 15.1. The molecule has 1 heterocycles. The summed E-state index contributed by atoms with van der Waals surface area (Å²) in [5, 5.41) is 9.00. The van der Waals surface area contributed by atoms with Crippen LogP contribution >= 0.6 is 0 Å². The Balaban J connectivity index is 2.08. The molecule has 1 atom stereocenters. The number of aliphatic carboxylic acids is 1. The molecule has 1 aromatic carbocycles. The smallest absolute Gasteiger partial charge is 0.317 e. The van der Waals surface area contributed by atoms with Gasteiger partial charge in [0, 0.05) is 18.3 Å². The minimum Gasteiger partial charge on any atom is -0.480 e. The fourth-order valence-electron chi connectivity index (χ4n) is 2.66. The summed E-state index contributed by atoms with van der Waals surface area (Å²) in [4.78, 5) is 27.0. The second kappa shape index (κ2) is 6.72. The number of amides is 1. The van der Waals surface area contributed by atoms with Gasteiger partial charge in [-0.25, -0.2) is 0 Å². The zero-order valence-electron chi connectivity index (χ0n) is 12.6. The first-order chi connectivity index (χ1) is 10.0. The maximum absolute atomic E-state index is 12.5. The molecule has 1 aliphatic rings. The van der Waals surface area contributed by atoms with E-state index in [2.05, 4.69) is 0 Å². The highest BCUT2D eigenvalue weighted by Gasteiger charge is 2.27. The van der Waals surface area contributed by atoms with Crippen molar-refractivity contribution in [2.24, 2.45) is 0 Å². The van der Waals surface area contributed by atoms with Gasteiger partial charge in [0.1, 0.15) is 0 Å². The lowest BCUT2D eigenvalue weighted by molar-refractivity contribution is -0.139. The van der Waals surface area contributed by atoms with Gasteiger partial charge in [0.2, 0.25) is 5.91 Å². The lowest BCUT2D eigenvalue weighted by Crippen LogP contribution is -2.45. The number of rotatable bonds is 6. The van der Waals surface area contributed by atoms with Crippen molar-refractivity contribution in [3.8, 4) is 0 Å². The number of carbonyl (C=O) groups excluding carboxylic acids is 1. The van der Waals surface area contributed by atoms with Crippen LogP contribution in [0, 0.1) is 0 Å². The lowest BCUT2D eigenvalue weighted by atomic mass is 10.2. The number of benzene rings is 1. The molecule has 1 N–H and O–H groups in total. The first-order valence-corrected chi connectivity index (χ1v) is 7.37. The van der Waals surface area contributed by atoms with E-state index in [4.69, 9.17) is 5.11 Å². The van der Waals surface area contributed by atoms with Crippen LogP contribution in [-0.4, -0.2) is 47.6 Å². The predicted molar refractivity (Wildman–Crippen MR) is 81.5 cm³/mol. The summed E-state index contributed by atoms with van der Waals surface area (Å²) in [6.45, 7) is 4.68. The summed E-state index contributed by atoms with van der Waals surface area (Å²) in [7, 11) is 0. The molecule has 0 bridgehead atoms. The number of hydrogen-bond donors (Lipinski definition) is 1. The molecular weight excluding hydrogens is 268 g/mol. The van der Waals surface area contributed by atoms with E-state index >= 15 is 0 Å². The van der Waals surface area contributed by atoms with E-state index < -0.39 is 5.97 Å². The van der Waals surface area contributed by atoms with Crippen molar-refractivity contribution in [2.75, 3.05) is 24.5 Å². The number of carboxylic acid groups (broad SMARTS) is 1. The first-order valence-electron chi connectivity index (χ1n) is 7.37. The lowest BCUT2D eigenvalue weighted by Gasteiger charge is -2.28. The maximum Gasteiger partial charge on any atom is 0.317 e. The number of hydrogen-bond acceptors (Lipinski definition) is 3. The Hall–Kier alpha value is -1.88. The van der Waals surface area contributed by atoms with Crippen molar-refractivity contribution in [1.82, 2.24) is 4.90 Å². The maximum atomic E-state index is 12.5. The third-order valence-corrected chi connectivity index (χ3v) is 4.08. The summed E-state index contributed by atoms with van der Waals surface area (Å²) in [5.41, 5.74) is 2.14. The number of fused-ring (bicyclic) bond motifs is 1. The van der Waals surface area contributed by atoms with Gasteiger partial charge in [0.25, 0.3) is 0 Å². The highest BCUT2D eigenvalue weighted by atomic mass is 16.4. The van der Waals surface area contributed by atoms with Crippen LogP contribution in [0.4, 0.5) is 5.69 Å². The van der Waals surface area contributed by atoms with Crippen LogP contribution in [0.1, 0.15) is 25.8 Å². The highest BCUT2D eigenvalue weighted by Crippen LogP contribution is 2.27. The quantitative estimate of drug-likeness (QED) is 0.867. The van der Waals surface area contributed by atoms with Gasteiger partial charge in [-0.3, -0.25) is 14.5 Å². The van der Waals surface area contributed by atoms with E-state index in [-0.39, 0.29) is 25.0 Å². The summed E-state index contributed by atoms with van der Waals surface area (Å²) < 4.78 is 0. The molecule has 1 aliphatic heterocycles. The van der Waals surface area contributed by atoms with E-state index in [0.717, 1.165) is 18.5 Å². The zero-order valence-corrected chi connectivity index (χ0v) is 12.6. The summed E-state index contributed by atoms with van der Waals surface area (Å²) in [6, 6.07) is 7.96. The van der Waals surface area contributed by atoms with Gasteiger partial charge in [-0.15, -0.1) is 0 Å². The first kappa shape index (κ1) is 15.5. The molecule has 0 radical (unpaired) electrons. The Morgan fingerprint density at radius 1 is 1.33 bits per heavy atom. The van der Waals surface area contributed by atoms with Crippen molar-refractivity contribution in [1.29, 1.82) is 0 Å². The van der Waals surface area contributed by atoms with E-state index in [9.17, 15) is 9.59 Å². The van der Waals surface area contributed by atoms with Crippen LogP contribution < -0.4 is 4.90 Å². The molecule has 0 spiro atoms. The van der Waals surface area contributed by atoms with Gasteiger partial charge in [0.15, 0.2) is 0 Å². The molecule has 0 aromatic heterocycles. The summed E-state index contributed by atoms with van der Waals surface area (Å²) in [6.07, 6.45) is 1.68. The second-order valence-electron chi connectivity index (χ2n) is 5.48. The van der Waals surface area contributed by atoms with Crippen LogP contribution in [0.2, 0.25) is 0 Å². The monoisotopic (exact) mass is 290 g/mol. The number of carbonyl (C=O) groups is 2. The van der Waals surface area contributed by atoms with Crippen molar-refractivity contribution in [2.45, 2.75) is 32.7 Å². The van der Waals surface area contributed by atoms with Gasteiger partial charge in [0.05, 0.1) is 13.1 Å². The predicted octanol–water partition coefficient (Wildman–Crippen LogP) is 1.76.